The summed E-state index contributed by atoms with van der Waals surface area (Å²) in [4.78, 5) is 11.0. The van der Waals surface area contributed by atoms with Crippen LogP contribution in [0.5, 0.6) is 0 Å². The molecule has 0 heterocycles. The molecule has 0 amide bonds. The van der Waals surface area contributed by atoms with Crippen molar-refractivity contribution in [1.29, 1.82) is 0 Å². The van der Waals surface area contributed by atoms with E-state index in [2.05, 4.69) is 20.7 Å². The summed E-state index contributed by atoms with van der Waals surface area (Å²) in [5, 5.41) is 0.529. The second-order valence-electron chi connectivity index (χ2n) is 2.83. The van der Waals surface area contributed by atoms with Crippen LogP contribution in [0.25, 0.3) is 0 Å². The Morgan fingerprint density at radius 1 is 1.40 bits per heavy atom. The fourth-order valence-corrected chi connectivity index (χ4v) is 1.58. The van der Waals surface area contributed by atoms with Crippen LogP contribution in [0.3, 0.4) is 0 Å². The van der Waals surface area contributed by atoms with Crippen LogP contribution in [0.4, 0.5) is 8.78 Å². The van der Waals surface area contributed by atoms with E-state index in [9.17, 15) is 13.6 Å². The molecule has 5 heteroatoms. The Bertz CT molecular complexity index is 380. The number of methoxy groups -OCH3 is 1. The summed E-state index contributed by atoms with van der Waals surface area (Å²) in [6.45, 7) is 0. The first-order valence-electron chi connectivity index (χ1n) is 4.23. The summed E-state index contributed by atoms with van der Waals surface area (Å²) in [5.74, 6) is -3.02. The third kappa shape index (κ3) is 2.53. The van der Waals surface area contributed by atoms with Crippen LogP contribution >= 0.6 is 15.9 Å². The minimum Gasteiger partial charge on any atom is -0.465 e. The number of hydrogen-bond donors (Lipinski definition) is 0. The lowest BCUT2D eigenvalue weighted by atomic mass is 10.1. The van der Waals surface area contributed by atoms with Crippen molar-refractivity contribution in [2.75, 3.05) is 12.4 Å². The Morgan fingerprint density at radius 2 is 2.07 bits per heavy atom. The molecule has 0 aliphatic carbocycles. The first kappa shape index (κ1) is 12.1. The highest BCUT2D eigenvalue weighted by Crippen LogP contribution is 2.18. The van der Waals surface area contributed by atoms with Crippen LogP contribution in [0.2, 0.25) is 0 Å². The van der Waals surface area contributed by atoms with Gasteiger partial charge in [0.15, 0.2) is 11.6 Å². The van der Waals surface area contributed by atoms with Crippen LogP contribution in [0.1, 0.15) is 15.9 Å². The smallest absolute Gasteiger partial charge is 0.340 e. The highest BCUT2D eigenvalue weighted by Gasteiger charge is 2.18. The number of carbonyl (C=O) groups excluding carboxylic acids is 1. The number of esters is 1. The number of benzene rings is 1. The minimum absolute atomic E-state index is 0.233. The van der Waals surface area contributed by atoms with E-state index in [-0.39, 0.29) is 11.1 Å². The van der Waals surface area contributed by atoms with Crippen molar-refractivity contribution in [1.82, 2.24) is 0 Å². The topological polar surface area (TPSA) is 26.3 Å². The Morgan fingerprint density at radius 3 is 2.60 bits per heavy atom. The van der Waals surface area contributed by atoms with Gasteiger partial charge >= 0.3 is 5.97 Å². The van der Waals surface area contributed by atoms with Gasteiger partial charge in [0, 0.05) is 5.33 Å². The van der Waals surface area contributed by atoms with E-state index in [0.29, 0.717) is 11.8 Å². The maximum atomic E-state index is 13.3. The fourth-order valence-electron chi connectivity index (χ4n) is 1.15. The van der Waals surface area contributed by atoms with Gasteiger partial charge in [-0.15, -0.1) is 0 Å². The van der Waals surface area contributed by atoms with Crippen molar-refractivity contribution in [3.63, 3.8) is 0 Å². The molecule has 0 fully saturated rings. The largest absolute Gasteiger partial charge is 0.465 e. The summed E-state index contributed by atoms with van der Waals surface area (Å²) in [5.41, 5.74) is -0.148. The van der Waals surface area contributed by atoms with Gasteiger partial charge in [-0.3, -0.25) is 0 Å². The first-order valence-corrected chi connectivity index (χ1v) is 5.35. The van der Waals surface area contributed by atoms with Crippen molar-refractivity contribution in [3.8, 4) is 0 Å². The molecule has 0 unspecified atom stereocenters. The zero-order valence-corrected chi connectivity index (χ0v) is 9.61. The van der Waals surface area contributed by atoms with Crippen molar-refractivity contribution >= 4 is 21.9 Å². The third-order valence-corrected chi connectivity index (χ3v) is 2.33. The van der Waals surface area contributed by atoms with Gasteiger partial charge in [-0.1, -0.05) is 22.0 Å². The Hall–Kier alpha value is -0.970. The SMILES string of the molecule is COC(=O)c1ccc(CCBr)c(F)c1F. The van der Waals surface area contributed by atoms with Gasteiger partial charge in [-0.2, -0.15) is 0 Å². The maximum Gasteiger partial charge on any atom is 0.340 e. The molecule has 0 saturated carbocycles. The van der Waals surface area contributed by atoms with Gasteiger partial charge in [0.05, 0.1) is 12.7 Å². The molecule has 2 nitrogen and oxygen atoms in total. The molecule has 0 atom stereocenters. The van der Waals surface area contributed by atoms with Crippen LogP contribution in [0, 0.1) is 11.6 Å². The van der Waals surface area contributed by atoms with E-state index in [1.165, 1.54) is 12.1 Å². The second kappa shape index (κ2) is 5.21. The zero-order valence-electron chi connectivity index (χ0n) is 8.02. The minimum atomic E-state index is -1.15. The highest BCUT2D eigenvalue weighted by atomic mass is 79.9. The van der Waals surface area contributed by atoms with E-state index >= 15 is 0 Å². The fraction of sp³-hybridized carbons (Fsp3) is 0.300. The predicted octanol–water partition coefficient (Wildman–Crippen LogP) is 2.69. The van der Waals surface area contributed by atoms with Gasteiger partial charge in [0.2, 0.25) is 0 Å². The Kier molecular flexibility index (Phi) is 4.20. The van der Waals surface area contributed by atoms with Crippen LogP contribution in [-0.4, -0.2) is 18.4 Å². The molecule has 0 N–H and O–H groups in total. The molecule has 1 aromatic rings. The number of aryl methyl sites for hydroxylation is 1. The van der Waals surface area contributed by atoms with Crippen molar-refractivity contribution in [3.05, 3.63) is 34.9 Å². The molecule has 0 aromatic heterocycles. The van der Waals surface area contributed by atoms with Crippen LogP contribution in [0.15, 0.2) is 12.1 Å². The van der Waals surface area contributed by atoms with Gasteiger partial charge in [-0.05, 0) is 18.1 Å². The average Bonchev–Trinajstić information content (AvgIpc) is 2.24. The predicted molar refractivity (Wildman–Crippen MR) is 55.2 cm³/mol. The van der Waals surface area contributed by atoms with E-state index in [4.69, 9.17) is 0 Å². The van der Waals surface area contributed by atoms with E-state index in [0.717, 1.165) is 7.11 Å². The number of carbonyl (C=O) groups is 1. The molecule has 1 aromatic carbocycles. The molecule has 1 rings (SSSR count). The summed E-state index contributed by atoms with van der Waals surface area (Å²) < 4.78 is 31.0. The number of hydrogen-bond acceptors (Lipinski definition) is 2. The quantitative estimate of drug-likeness (QED) is 0.628. The number of alkyl halides is 1. The zero-order chi connectivity index (χ0) is 11.4. The summed E-state index contributed by atoms with van der Waals surface area (Å²) in [6, 6.07) is 2.61. The van der Waals surface area contributed by atoms with Gasteiger partial charge in [-0.25, -0.2) is 13.6 Å². The normalized spacial score (nSPS) is 10.1. The maximum absolute atomic E-state index is 13.3. The van der Waals surface area contributed by atoms with Crippen molar-refractivity contribution < 1.29 is 18.3 Å². The summed E-state index contributed by atoms with van der Waals surface area (Å²) in [7, 11) is 1.12. The van der Waals surface area contributed by atoms with Gasteiger partial charge in [0.25, 0.3) is 0 Å². The standard InChI is InChI=1S/C10H9BrF2O2/c1-15-10(14)7-3-2-6(4-5-11)8(12)9(7)13/h2-3H,4-5H2,1H3. The van der Waals surface area contributed by atoms with E-state index in [1.54, 1.807) is 0 Å². The number of halogens is 3. The lowest BCUT2D eigenvalue weighted by Gasteiger charge is -2.05. The lowest BCUT2D eigenvalue weighted by Crippen LogP contribution is -2.08. The van der Waals surface area contributed by atoms with Crippen LogP contribution in [-0.2, 0) is 11.2 Å². The summed E-state index contributed by atoms with van der Waals surface area (Å²) in [6.07, 6.45) is 0.365. The van der Waals surface area contributed by atoms with E-state index in [1.807, 2.05) is 0 Å². The second-order valence-corrected chi connectivity index (χ2v) is 3.62. The molecule has 0 radical (unpaired) electrons. The summed E-state index contributed by atoms with van der Waals surface area (Å²) >= 11 is 3.13. The molecule has 0 aliphatic heterocycles. The highest BCUT2D eigenvalue weighted by molar-refractivity contribution is 9.09. The molecule has 82 valence electrons. The third-order valence-electron chi connectivity index (χ3n) is 1.93. The molecule has 0 bridgehead atoms. The molecule has 0 spiro atoms. The van der Waals surface area contributed by atoms with Crippen LogP contribution < -0.4 is 0 Å². The number of ether oxygens (including phenoxy) is 1. The Labute approximate surface area is 94.4 Å². The average molecular weight is 279 g/mol. The molecule has 0 saturated heterocycles. The molecular weight excluding hydrogens is 270 g/mol. The monoisotopic (exact) mass is 278 g/mol. The van der Waals surface area contributed by atoms with Gasteiger partial charge in [0.1, 0.15) is 0 Å². The van der Waals surface area contributed by atoms with E-state index < -0.39 is 17.6 Å². The lowest BCUT2D eigenvalue weighted by molar-refractivity contribution is 0.0594. The van der Waals surface area contributed by atoms with Crippen molar-refractivity contribution in [2.45, 2.75) is 6.42 Å². The molecule has 15 heavy (non-hydrogen) atoms. The molecule has 0 aliphatic rings. The van der Waals surface area contributed by atoms with Gasteiger partial charge < -0.3 is 4.74 Å². The molecular formula is C10H9BrF2O2. The first-order chi connectivity index (χ1) is 7.11. The van der Waals surface area contributed by atoms with Crippen molar-refractivity contribution in [2.24, 2.45) is 0 Å². The Balaban J connectivity index is 3.15. The number of rotatable bonds is 3.